The first-order valence-corrected chi connectivity index (χ1v) is 10.3. The highest BCUT2D eigenvalue weighted by Gasteiger charge is 2.14. The van der Waals surface area contributed by atoms with Gasteiger partial charge in [0.25, 0.3) is 0 Å². The number of carbonyl (C=O) groups is 1. The van der Waals surface area contributed by atoms with E-state index in [1.54, 1.807) is 22.7 Å². The summed E-state index contributed by atoms with van der Waals surface area (Å²) in [6, 6.07) is 5.77. The summed E-state index contributed by atoms with van der Waals surface area (Å²) in [6.45, 7) is 8.43. The monoisotopic (exact) mass is 385 g/mol. The molecule has 0 aliphatic heterocycles. The number of hydrogen-bond acceptors (Lipinski definition) is 5. The van der Waals surface area contributed by atoms with E-state index in [0.29, 0.717) is 17.9 Å². The lowest BCUT2D eigenvalue weighted by molar-refractivity contribution is 0.1000. The molecule has 0 fully saturated rings. The van der Waals surface area contributed by atoms with Gasteiger partial charge >= 0.3 is 0 Å². The van der Waals surface area contributed by atoms with E-state index in [0.717, 1.165) is 38.3 Å². The summed E-state index contributed by atoms with van der Waals surface area (Å²) < 4.78 is 0. The van der Waals surface area contributed by atoms with Crippen LogP contribution in [0.5, 0.6) is 0 Å². The van der Waals surface area contributed by atoms with Crippen LogP contribution < -0.4 is 5.73 Å². The van der Waals surface area contributed by atoms with Gasteiger partial charge in [-0.1, -0.05) is 19.9 Å². The number of hydrogen-bond donors (Lipinski definition) is 1. The molecule has 0 radical (unpaired) electrons. The standard InChI is InChI=1S/C20H23N3OS2/c1-11(2)7-14-5-6-15(20(21)24)8-16(14)9-18-23-17(10-25-18)19-12(3)22-13(4)26-19/h5-6,8,10-11H,7,9H2,1-4H3,(H2,21,24). The van der Waals surface area contributed by atoms with Crippen molar-refractivity contribution in [2.24, 2.45) is 11.7 Å². The van der Waals surface area contributed by atoms with Crippen LogP contribution >= 0.6 is 22.7 Å². The second kappa shape index (κ2) is 7.68. The van der Waals surface area contributed by atoms with Crippen LogP contribution in [-0.4, -0.2) is 15.9 Å². The minimum absolute atomic E-state index is 0.391. The molecule has 0 spiro atoms. The Morgan fingerprint density at radius 3 is 2.58 bits per heavy atom. The van der Waals surface area contributed by atoms with Crippen molar-refractivity contribution in [3.8, 4) is 10.6 Å². The largest absolute Gasteiger partial charge is 0.366 e. The molecule has 6 heteroatoms. The average Bonchev–Trinajstić information content (AvgIpc) is 3.14. The van der Waals surface area contributed by atoms with Crippen molar-refractivity contribution in [2.75, 3.05) is 0 Å². The Labute approximate surface area is 162 Å². The Hall–Kier alpha value is -2.05. The predicted molar refractivity (Wildman–Crippen MR) is 109 cm³/mol. The number of rotatable bonds is 6. The lowest BCUT2D eigenvalue weighted by Gasteiger charge is -2.12. The Kier molecular flexibility index (Phi) is 5.53. The number of aryl methyl sites for hydroxylation is 2. The van der Waals surface area contributed by atoms with Gasteiger partial charge in [0.1, 0.15) is 0 Å². The van der Waals surface area contributed by atoms with Crippen LogP contribution in [0.1, 0.15) is 51.0 Å². The van der Waals surface area contributed by atoms with E-state index in [9.17, 15) is 4.79 Å². The third-order valence-corrected chi connectivity index (χ3v) is 6.09. The van der Waals surface area contributed by atoms with E-state index in [4.69, 9.17) is 10.7 Å². The first-order chi connectivity index (χ1) is 12.3. The minimum atomic E-state index is -0.391. The van der Waals surface area contributed by atoms with Gasteiger partial charge in [0.2, 0.25) is 5.91 Å². The van der Waals surface area contributed by atoms with Gasteiger partial charge in [-0.15, -0.1) is 22.7 Å². The van der Waals surface area contributed by atoms with Crippen molar-refractivity contribution < 1.29 is 4.79 Å². The summed E-state index contributed by atoms with van der Waals surface area (Å²) in [7, 11) is 0. The highest BCUT2D eigenvalue weighted by atomic mass is 32.1. The van der Waals surface area contributed by atoms with Gasteiger partial charge in [-0.05, 0) is 49.4 Å². The van der Waals surface area contributed by atoms with Crippen molar-refractivity contribution >= 4 is 28.6 Å². The van der Waals surface area contributed by atoms with Crippen LogP contribution in [0.4, 0.5) is 0 Å². The normalized spacial score (nSPS) is 11.3. The molecule has 1 amide bonds. The number of nitrogens with zero attached hydrogens (tertiary/aromatic N) is 2. The number of thiazole rings is 2. The zero-order chi connectivity index (χ0) is 18.8. The Morgan fingerprint density at radius 2 is 1.96 bits per heavy atom. The maximum Gasteiger partial charge on any atom is 0.248 e. The van der Waals surface area contributed by atoms with Crippen molar-refractivity contribution in [3.05, 3.63) is 56.0 Å². The third-order valence-electron chi connectivity index (χ3n) is 4.15. The molecule has 2 aromatic heterocycles. The van der Waals surface area contributed by atoms with Gasteiger partial charge in [0.05, 0.1) is 26.3 Å². The molecule has 136 valence electrons. The molecule has 1 aromatic carbocycles. The molecule has 0 saturated carbocycles. The second-order valence-electron chi connectivity index (χ2n) is 6.90. The van der Waals surface area contributed by atoms with Crippen LogP contribution in [0.25, 0.3) is 10.6 Å². The summed E-state index contributed by atoms with van der Waals surface area (Å²) in [5.41, 5.74) is 10.4. The maximum atomic E-state index is 11.6. The number of amides is 1. The molecule has 4 nitrogen and oxygen atoms in total. The smallest absolute Gasteiger partial charge is 0.248 e. The van der Waals surface area contributed by atoms with E-state index >= 15 is 0 Å². The summed E-state index contributed by atoms with van der Waals surface area (Å²) in [5.74, 6) is 0.154. The number of benzene rings is 1. The quantitative estimate of drug-likeness (QED) is 0.664. The molecule has 0 aliphatic rings. The zero-order valence-electron chi connectivity index (χ0n) is 15.5. The SMILES string of the molecule is Cc1nc(C)c(-c2csc(Cc3cc(C(N)=O)ccc3CC(C)C)n2)s1. The molecule has 0 unspecified atom stereocenters. The van der Waals surface area contributed by atoms with Crippen molar-refractivity contribution in [3.63, 3.8) is 0 Å². The number of aromatic nitrogens is 2. The lowest BCUT2D eigenvalue weighted by Crippen LogP contribution is -2.12. The van der Waals surface area contributed by atoms with E-state index in [-0.39, 0.29) is 0 Å². The minimum Gasteiger partial charge on any atom is -0.366 e. The lowest BCUT2D eigenvalue weighted by atomic mass is 9.94. The van der Waals surface area contributed by atoms with Crippen LogP contribution in [0.15, 0.2) is 23.6 Å². The summed E-state index contributed by atoms with van der Waals surface area (Å²) in [6.07, 6.45) is 1.68. The Bertz CT molecular complexity index is 940. The fourth-order valence-corrected chi connectivity index (χ4v) is 4.77. The van der Waals surface area contributed by atoms with E-state index in [2.05, 4.69) is 24.2 Å². The first kappa shape index (κ1) is 18.7. The average molecular weight is 386 g/mol. The first-order valence-electron chi connectivity index (χ1n) is 8.64. The highest BCUT2D eigenvalue weighted by molar-refractivity contribution is 7.15. The fourth-order valence-electron chi connectivity index (χ4n) is 3.01. The molecule has 2 N–H and O–H groups in total. The number of carbonyl (C=O) groups excluding carboxylic acids is 1. The van der Waals surface area contributed by atoms with Crippen LogP contribution in [0.2, 0.25) is 0 Å². The van der Waals surface area contributed by atoms with Crippen molar-refractivity contribution in [2.45, 2.75) is 40.5 Å². The molecular weight excluding hydrogens is 362 g/mol. The molecule has 0 bridgehead atoms. The molecule has 2 heterocycles. The molecule has 0 saturated heterocycles. The fraction of sp³-hybridized carbons (Fsp3) is 0.350. The summed E-state index contributed by atoms with van der Waals surface area (Å²) in [5, 5.41) is 4.19. The van der Waals surface area contributed by atoms with Gasteiger partial charge in [-0.25, -0.2) is 9.97 Å². The van der Waals surface area contributed by atoms with E-state index in [1.165, 1.54) is 5.56 Å². The van der Waals surface area contributed by atoms with Gasteiger partial charge < -0.3 is 5.73 Å². The number of primary amides is 1. The van der Waals surface area contributed by atoms with E-state index < -0.39 is 5.91 Å². The molecule has 0 atom stereocenters. The van der Waals surface area contributed by atoms with Gasteiger partial charge in [0.15, 0.2) is 0 Å². The van der Waals surface area contributed by atoms with Crippen molar-refractivity contribution in [1.82, 2.24) is 9.97 Å². The van der Waals surface area contributed by atoms with Crippen LogP contribution in [0, 0.1) is 19.8 Å². The molecular formula is C20H23N3OS2. The number of nitrogens with two attached hydrogens (primary N) is 1. The van der Waals surface area contributed by atoms with Crippen LogP contribution in [0.3, 0.4) is 0 Å². The zero-order valence-corrected chi connectivity index (χ0v) is 17.1. The second-order valence-corrected chi connectivity index (χ2v) is 9.04. The third kappa shape index (κ3) is 4.19. The topological polar surface area (TPSA) is 68.9 Å². The Balaban J connectivity index is 1.91. The van der Waals surface area contributed by atoms with Crippen molar-refractivity contribution in [1.29, 1.82) is 0 Å². The predicted octanol–water partition coefficient (Wildman–Crippen LogP) is 4.77. The van der Waals surface area contributed by atoms with Gasteiger partial charge in [0, 0.05) is 17.4 Å². The molecule has 0 aliphatic carbocycles. The highest BCUT2D eigenvalue weighted by Crippen LogP contribution is 2.31. The molecule has 3 aromatic rings. The summed E-state index contributed by atoms with van der Waals surface area (Å²) in [4.78, 5) is 22.0. The van der Waals surface area contributed by atoms with Crippen LogP contribution in [-0.2, 0) is 12.8 Å². The molecule has 26 heavy (non-hydrogen) atoms. The summed E-state index contributed by atoms with van der Waals surface area (Å²) >= 11 is 3.33. The molecule has 3 rings (SSSR count). The Morgan fingerprint density at radius 1 is 1.19 bits per heavy atom. The van der Waals surface area contributed by atoms with E-state index in [1.807, 2.05) is 32.0 Å². The maximum absolute atomic E-state index is 11.6. The van der Waals surface area contributed by atoms with Gasteiger partial charge in [-0.2, -0.15) is 0 Å². The van der Waals surface area contributed by atoms with Gasteiger partial charge in [-0.3, -0.25) is 4.79 Å².